The van der Waals surface area contributed by atoms with Crippen molar-refractivity contribution in [2.24, 2.45) is 5.92 Å². The lowest BCUT2D eigenvalue weighted by molar-refractivity contribution is -0.676. The molecule has 1 saturated carbocycles. The maximum absolute atomic E-state index is 12.5. The Kier molecular flexibility index (Phi) is 5.39. The van der Waals surface area contributed by atoms with Crippen LogP contribution in [0.4, 0.5) is 0 Å². The van der Waals surface area contributed by atoms with Gasteiger partial charge in [0.05, 0.1) is 6.07 Å². The van der Waals surface area contributed by atoms with Crippen LogP contribution >= 0.6 is 0 Å². The van der Waals surface area contributed by atoms with Gasteiger partial charge in [-0.1, -0.05) is 60.2 Å². The minimum absolute atomic E-state index is 0.0526. The van der Waals surface area contributed by atoms with Crippen molar-refractivity contribution in [1.29, 1.82) is 5.26 Å². The number of quaternary nitrogens is 1. The van der Waals surface area contributed by atoms with Crippen molar-refractivity contribution in [3.63, 3.8) is 0 Å². The number of nitrogens with two attached hydrogens (primary N) is 1. The Balaban J connectivity index is 1.71. The molecule has 0 bridgehead atoms. The van der Waals surface area contributed by atoms with E-state index < -0.39 is 5.54 Å². The molecular weight excluding hydrogens is 322 g/mol. The summed E-state index contributed by atoms with van der Waals surface area (Å²) >= 11 is 0. The molecule has 1 fully saturated rings. The van der Waals surface area contributed by atoms with Gasteiger partial charge < -0.3 is 10.6 Å². The van der Waals surface area contributed by atoms with Crippen LogP contribution in [0.25, 0.3) is 0 Å². The third-order valence-electron chi connectivity index (χ3n) is 5.16. The molecule has 2 atom stereocenters. The van der Waals surface area contributed by atoms with Gasteiger partial charge in [0.2, 0.25) is 0 Å². The standard InChI is InChI=1S/C22H25N3O/c1-16-8-10-18(11-9-16)21(17-6-4-3-5-7-17)24-14-20(26)25-22(2,15-23)19-12-13-19/h3-11,19,21,24H,12-14H2,1-2H3,(H,25,26)/p+1/t21-,22+/m1/s1. The van der Waals surface area contributed by atoms with Crippen LogP contribution in [0.3, 0.4) is 0 Å². The topological polar surface area (TPSA) is 69.5 Å². The smallest absolute Gasteiger partial charge is 0.276 e. The first-order valence-electron chi connectivity index (χ1n) is 9.19. The van der Waals surface area contributed by atoms with E-state index in [2.05, 4.69) is 54.7 Å². The third kappa shape index (κ3) is 4.30. The molecular formula is C22H26N3O+. The lowest BCUT2D eigenvalue weighted by Gasteiger charge is -2.23. The van der Waals surface area contributed by atoms with E-state index in [1.165, 1.54) is 11.1 Å². The van der Waals surface area contributed by atoms with E-state index in [0.717, 1.165) is 18.4 Å². The summed E-state index contributed by atoms with van der Waals surface area (Å²) in [6.45, 7) is 4.19. The Labute approximate surface area is 155 Å². The van der Waals surface area contributed by atoms with Gasteiger partial charge in [-0.25, -0.2) is 0 Å². The average Bonchev–Trinajstić information content (AvgIpc) is 3.50. The summed E-state index contributed by atoms with van der Waals surface area (Å²) in [5.74, 6) is 0.201. The maximum atomic E-state index is 12.5. The number of nitriles is 1. The van der Waals surface area contributed by atoms with Crippen molar-refractivity contribution >= 4 is 5.91 Å². The van der Waals surface area contributed by atoms with Crippen LogP contribution in [0.15, 0.2) is 54.6 Å². The largest absolute Gasteiger partial charge is 0.333 e. The van der Waals surface area contributed by atoms with Crippen molar-refractivity contribution < 1.29 is 10.1 Å². The van der Waals surface area contributed by atoms with Gasteiger partial charge in [0.15, 0.2) is 6.54 Å². The number of aryl methyl sites for hydroxylation is 1. The molecule has 3 N–H and O–H groups in total. The number of carbonyl (C=O) groups is 1. The lowest BCUT2D eigenvalue weighted by atomic mass is 9.97. The molecule has 0 aliphatic heterocycles. The van der Waals surface area contributed by atoms with Crippen LogP contribution in [0, 0.1) is 24.2 Å². The maximum Gasteiger partial charge on any atom is 0.276 e. The molecule has 1 amide bonds. The molecule has 2 aromatic carbocycles. The van der Waals surface area contributed by atoms with Gasteiger partial charge in [-0.05, 0) is 32.6 Å². The fraction of sp³-hybridized carbons (Fsp3) is 0.364. The number of rotatable bonds is 7. The van der Waals surface area contributed by atoms with Gasteiger partial charge in [0.1, 0.15) is 11.6 Å². The molecule has 3 rings (SSSR count). The number of benzene rings is 2. The van der Waals surface area contributed by atoms with E-state index in [9.17, 15) is 10.1 Å². The summed E-state index contributed by atoms with van der Waals surface area (Å²) in [6, 6.07) is 21.0. The molecule has 1 aliphatic carbocycles. The Morgan fingerprint density at radius 3 is 2.38 bits per heavy atom. The molecule has 134 valence electrons. The minimum atomic E-state index is -0.739. The van der Waals surface area contributed by atoms with Gasteiger partial charge in [-0.2, -0.15) is 5.26 Å². The average molecular weight is 348 g/mol. The van der Waals surface area contributed by atoms with Crippen molar-refractivity contribution in [3.8, 4) is 6.07 Å². The summed E-state index contributed by atoms with van der Waals surface area (Å²) in [4.78, 5) is 12.5. The van der Waals surface area contributed by atoms with Crippen LogP contribution in [0.5, 0.6) is 0 Å². The van der Waals surface area contributed by atoms with Crippen molar-refractivity contribution in [2.75, 3.05) is 6.54 Å². The molecule has 4 heteroatoms. The van der Waals surface area contributed by atoms with Gasteiger partial charge in [0.25, 0.3) is 5.91 Å². The normalized spacial score (nSPS) is 17.0. The zero-order chi connectivity index (χ0) is 18.6. The lowest BCUT2D eigenvalue weighted by Crippen LogP contribution is -2.88. The van der Waals surface area contributed by atoms with Crippen LogP contribution < -0.4 is 10.6 Å². The highest BCUT2D eigenvalue weighted by Crippen LogP contribution is 2.39. The first kappa shape index (κ1) is 18.2. The van der Waals surface area contributed by atoms with Crippen molar-refractivity contribution in [3.05, 3.63) is 71.3 Å². The summed E-state index contributed by atoms with van der Waals surface area (Å²) < 4.78 is 0. The molecule has 0 heterocycles. The monoisotopic (exact) mass is 348 g/mol. The summed E-state index contributed by atoms with van der Waals surface area (Å²) in [7, 11) is 0. The molecule has 26 heavy (non-hydrogen) atoms. The Bertz CT molecular complexity index is 790. The van der Waals surface area contributed by atoms with Gasteiger partial charge in [0, 0.05) is 11.1 Å². The highest BCUT2D eigenvalue weighted by Gasteiger charge is 2.43. The molecule has 0 radical (unpaired) electrons. The predicted molar refractivity (Wildman–Crippen MR) is 101 cm³/mol. The Morgan fingerprint density at radius 1 is 1.19 bits per heavy atom. The fourth-order valence-electron chi connectivity index (χ4n) is 3.35. The van der Waals surface area contributed by atoms with E-state index in [1.807, 2.05) is 30.4 Å². The molecule has 0 unspecified atom stereocenters. The number of nitrogens with one attached hydrogen (secondary N) is 1. The highest BCUT2D eigenvalue weighted by molar-refractivity contribution is 5.78. The van der Waals surface area contributed by atoms with Crippen molar-refractivity contribution in [1.82, 2.24) is 5.32 Å². The van der Waals surface area contributed by atoms with Crippen molar-refractivity contribution in [2.45, 2.75) is 38.3 Å². The Hall–Kier alpha value is -2.64. The van der Waals surface area contributed by atoms with E-state index in [4.69, 9.17) is 0 Å². The van der Waals surface area contributed by atoms with Crippen LogP contribution in [-0.2, 0) is 4.79 Å². The molecule has 4 nitrogen and oxygen atoms in total. The first-order chi connectivity index (χ1) is 12.5. The quantitative estimate of drug-likeness (QED) is 0.807. The second-order valence-electron chi connectivity index (χ2n) is 7.38. The Morgan fingerprint density at radius 2 is 1.81 bits per heavy atom. The van der Waals surface area contributed by atoms with Gasteiger partial charge in [-0.3, -0.25) is 4.79 Å². The van der Waals surface area contributed by atoms with Gasteiger partial charge in [-0.15, -0.1) is 0 Å². The highest BCUT2D eigenvalue weighted by atomic mass is 16.2. The number of nitrogens with zero attached hydrogens (tertiary/aromatic N) is 1. The van der Waals surface area contributed by atoms with E-state index >= 15 is 0 Å². The zero-order valence-corrected chi connectivity index (χ0v) is 15.4. The minimum Gasteiger partial charge on any atom is -0.333 e. The zero-order valence-electron chi connectivity index (χ0n) is 15.4. The molecule has 0 spiro atoms. The number of amides is 1. The van der Waals surface area contributed by atoms with Crippen LogP contribution in [-0.4, -0.2) is 18.0 Å². The van der Waals surface area contributed by atoms with E-state index in [-0.39, 0.29) is 18.5 Å². The summed E-state index contributed by atoms with van der Waals surface area (Å²) in [5, 5.41) is 14.4. The van der Waals surface area contributed by atoms with Crippen LogP contribution in [0.2, 0.25) is 0 Å². The fourth-order valence-corrected chi connectivity index (χ4v) is 3.35. The summed E-state index contributed by atoms with van der Waals surface area (Å²) in [6.07, 6.45) is 2.04. The SMILES string of the molecule is Cc1ccc([C@H]([NH2+]CC(=O)N[C@@](C)(C#N)C2CC2)c2ccccc2)cc1. The number of hydrogen-bond donors (Lipinski definition) is 2. The summed E-state index contributed by atoms with van der Waals surface area (Å²) in [5.41, 5.74) is 2.80. The first-order valence-corrected chi connectivity index (χ1v) is 9.19. The van der Waals surface area contributed by atoms with Crippen LogP contribution in [0.1, 0.15) is 42.5 Å². The molecule has 0 aromatic heterocycles. The van der Waals surface area contributed by atoms with E-state index in [0.29, 0.717) is 5.92 Å². The third-order valence-corrected chi connectivity index (χ3v) is 5.16. The second kappa shape index (κ2) is 7.72. The predicted octanol–water partition coefficient (Wildman–Crippen LogP) is 2.46. The van der Waals surface area contributed by atoms with Gasteiger partial charge >= 0.3 is 0 Å². The second-order valence-corrected chi connectivity index (χ2v) is 7.38. The number of carbonyl (C=O) groups excluding carboxylic acids is 1. The molecule has 0 saturated heterocycles. The number of hydrogen-bond acceptors (Lipinski definition) is 2. The van der Waals surface area contributed by atoms with E-state index in [1.54, 1.807) is 0 Å². The molecule has 2 aromatic rings. The molecule has 1 aliphatic rings.